The molecule has 1 heterocycles. The number of likely N-dealkylation sites (N-methyl/N-ethyl adjacent to an activating group) is 2. The summed E-state index contributed by atoms with van der Waals surface area (Å²) < 4.78 is 16.9. The lowest BCUT2D eigenvalue weighted by Gasteiger charge is -2.41. The second-order valence-electron chi connectivity index (χ2n) is 15.7. The number of likely N-dealkylation sites (tertiary alicyclic amines) is 1. The maximum absolute atomic E-state index is 14.2. The molecule has 13 nitrogen and oxygen atoms in total. The van der Waals surface area contributed by atoms with Crippen LogP contribution in [0.3, 0.4) is 0 Å². The Morgan fingerprint density at radius 3 is 2.00 bits per heavy atom. The minimum absolute atomic E-state index is 0.00683. The number of amides is 4. The molecule has 0 saturated carbocycles. The van der Waals surface area contributed by atoms with Crippen molar-refractivity contribution in [2.24, 2.45) is 23.7 Å². The van der Waals surface area contributed by atoms with Crippen molar-refractivity contribution in [1.82, 2.24) is 25.3 Å². The predicted octanol–water partition coefficient (Wildman–Crippen LogP) is 3.53. The van der Waals surface area contributed by atoms with Gasteiger partial charge in [-0.3, -0.25) is 24.1 Å². The van der Waals surface area contributed by atoms with Crippen LogP contribution < -0.4 is 10.6 Å². The first-order chi connectivity index (χ1) is 25.4. The highest BCUT2D eigenvalue weighted by molar-refractivity contribution is 5.90. The number of hydrogen-bond donors (Lipinski definition) is 2. The fraction of sp³-hybridized carbons (Fsp3) is 0.732. The van der Waals surface area contributed by atoms with Crippen molar-refractivity contribution in [3.05, 3.63) is 35.9 Å². The molecule has 1 aliphatic heterocycles. The van der Waals surface area contributed by atoms with Gasteiger partial charge in [-0.2, -0.15) is 0 Å². The molecule has 9 atom stereocenters. The van der Waals surface area contributed by atoms with Crippen LogP contribution in [0.25, 0.3) is 0 Å². The number of nitrogens with zero attached hydrogens (tertiary/aromatic N) is 3. The van der Waals surface area contributed by atoms with E-state index in [0.29, 0.717) is 13.0 Å². The molecule has 0 radical (unpaired) electrons. The van der Waals surface area contributed by atoms with E-state index in [1.165, 1.54) is 14.2 Å². The van der Waals surface area contributed by atoms with Gasteiger partial charge in [-0.1, -0.05) is 85.2 Å². The molecule has 1 unspecified atom stereocenters. The lowest BCUT2D eigenvalue weighted by molar-refractivity contribution is -0.149. The molecule has 1 fully saturated rings. The van der Waals surface area contributed by atoms with Gasteiger partial charge in [0.2, 0.25) is 23.6 Å². The van der Waals surface area contributed by atoms with E-state index in [2.05, 4.69) is 10.6 Å². The van der Waals surface area contributed by atoms with Crippen molar-refractivity contribution in [3.8, 4) is 0 Å². The zero-order chi connectivity index (χ0) is 40.9. The summed E-state index contributed by atoms with van der Waals surface area (Å²) in [5, 5.41) is 5.89. The molecule has 0 aliphatic carbocycles. The van der Waals surface area contributed by atoms with Gasteiger partial charge in [-0.15, -0.1) is 0 Å². The van der Waals surface area contributed by atoms with E-state index in [1.807, 2.05) is 90.9 Å². The average Bonchev–Trinajstić information content (AvgIpc) is 3.62. The minimum atomic E-state index is -0.890. The van der Waals surface area contributed by atoms with Gasteiger partial charge in [0.15, 0.2) is 0 Å². The third-order valence-electron chi connectivity index (χ3n) is 11.0. The average molecular weight is 760 g/mol. The minimum Gasteiger partial charge on any atom is -0.467 e. The number of nitrogens with one attached hydrogen (secondary N) is 2. The molecule has 1 aromatic carbocycles. The molecule has 13 heteroatoms. The summed E-state index contributed by atoms with van der Waals surface area (Å²) in [6.07, 6.45) is 1.08. The Morgan fingerprint density at radius 1 is 0.870 bits per heavy atom. The van der Waals surface area contributed by atoms with Crippen molar-refractivity contribution in [3.63, 3.8) is 0 Å². The summed E-state index contributed by atoms with van der Waals surface area (Å²) in [6, 6.07) is 6.46. The van der Waals surface area contributed by atoms with Crippen molar-refractivity contribution < 1.29 is 38.2 Å². The highest BCUT2D eigenvalue weighted by Crippen LogP contribution is 2.30. The topological polar surface area (TPSA) is 147 Å². The van der Waals surface area contributed by atoms with Gasteiger partial charge in [-0.25, -0.2) is 4.79 Å². The molecule has 54 heavy (non-hydrogen) atoms. The van der Waals surface area contributed by atoms with Crippen LogP contribution in [0.1, 0.15) is 79.7 Å². The maximum Gasteiger partial charge on any atom is 0.328 e. The Morgan fingerprint density at radius 2 is 1.50 bits per heavy atom. The summed E-state index contributed by atoms with van der Waals surface area (Å²) in [7, 11) is 9.80. The molecular weight excluding hydrogens is 690 g/mol. The molecule has 0 aromatic heterocycles. The molecule has 0 bridgehead atoms. The maximum atomic E-state index is 14.2. The first-order valence-electron chi connectivity index (χ1n) is 19.5. The first-order valence-corrected chi connectivity index (χ1v) is 19.5. The summed E-state index contributed by atoms with van der Waals surface area (Å²) >= 11 is 0. The fourth-order valence-electron chi connectivity index (χ4n) is 7.90. The standard InChI is InChI=1S/C41H69N5O8/c1-14-27(6)36(45(10)40(50)34(25(2)3)43-39(49)35(26(4)5)44(8)9)32(52-11)24-33(47)46-22-18-21-31(46)37(53-12)28(7)38(48)42-30(41(51)54-13)23-29-19-16-15-17-20-29/h15-17,19-20,25-28,30-32,34-37H,14,18,21-24H2,1-13H3,(H,42,48)(H,43,49)/t27-,28+,30?,31-,32+,34-,35-,36-,37+/m0/s1. The second-order valence-corrected chi connectivity index (χ2v) is 15.7. The van der Waals surface area contributed by atoms with Crippen LogP contribution in [0.15, 0.2) is 30.3 Å². The summed E-state index contributed by atoms with van der Waals surface area (Å²) in [4.78, 5) is 73.5. The van der Waals surface area contributed by atoms with E-state index in [1.54, 1.807) is 30.9 Å². The Bertz CT molecular complexity index is 1350. The highest BCUT2D eigenvalue weighted by Gasteiger charge is 2.43. The van der Waals surface area contributed by atoms with Crippen LogP contribution in [-0.2, 0) is 44.6 Å². The van der Waals surface area contributed by atoms with Crippen LogP contribution in [0.5, 0.6) is 0 Å². The number of benzene rings is 1. The van der Waals surface area contributed by atoms with Crippen molar-refractivity contribution >= 4 is 29.6 Å². The summed E-state index contributed by atoms with van der Waals surface area (Å²) in [5.41, 5.74) is 0.876. The lowest BCUT2D eigenvalue weighted by Crippen LogP contribution is -2.59. The van der Waals surface area contributed by atoms with Gasteiger partial charge < -0.3 is 34.6 Å². The Hall–Kier alpha value is -3.55. The fourth-order valence-corrected chi connectivity index (χ4v) is 7.90. The second kappa shape index (κ2) is 22.1. The molecule has 1 aliphatic rings. The normalized spacial score (nSPS) is 19.0. The number of carbonyl (C=O) groups excluding carboxylic acids is 5. The number of rotatable bonds is 21. The molecular formula is C41H69N5O8. The van der Waals surface area contributed by atoms with Gasteiger partial charge in [0.1, 0.15) is 12.1 Å². The number of ether oxygens (including phenoxy) is 3. The molecule has 4 amide bonds. The Labute approximate surface area is 324 Å². The van der Waals surface area contributed by atoms with Crippen LogP contribution in [0.4, 0.5) is 0 Å². The third-order valence-corrected chi connectivity index (χ3v) is 11.0. The predicted molar refractivity (Wildman–Crippen MR) is 209 cm³/mol. The smallest absolute Gasteiger partial charge is 0.328 e. The number of carbonyl (C=O) groups is 5. The van der Waals surface area contributed by atoms with E-state index in [-0.39, 0.29) is 60.3 Å². The van der Waals surface area contributed by atoms with E-state index >= 15 is 0 Å². The summed E-state index contributed by atoms with van der Waals surface area (Å²) in [5.74, 6) is -2.41. The van der Waals surface area contributed by atoms with E-state index in [4.69, 9.17) is 14.2 Å². The van der Waals surface area contributed by atoms with Gasteiger partial charge in [-0.05, 0) is 50.3 Å². The molecule has 1 aromatic rings. The van der Waals surface area contributed by atoms with E-state index in [9.17, 15) is 24.0 Å². The SMILES string of the molecule is CC[C@H](C)[C@@H]([C@@H](CC(=O)N1CCC[C@H]1[C@H](OC)[C@@H](C)C(=O)NC(Cc1ccccc1)C(=O)OC)OC)N(C)C(=O)[C@@H](NC(=O)[C@H](C(C)C)N(C)C)C(C)C. The molecule has 1 saturated heterocycles. The lowest BCUT2D eigenvalue weighted by atomic mass is 9.89. The number of methoxy groups -OCH3 is 3. The largest absolute Gasteiger partial charge is 0.467 e. The number of esters is 1. The van der Waals surface area contributed by atoms with E-state index < -0.39 is 48.3 Å². The highest BCUT2D eigenvalue weighted by atomic mass is 16.5. The Balaban J connectivity index is 2.29. The first kappa shape index (κ1) is 46.6. The number of hydrogen-bond acceptors (Lipinski definition) is 9. The third kappa shape index (κ3) is 12.2. The van der Waals surface area contributed by atoms with Gasteiger partial charge >= 0.3 is 5.97 Å². The molecule has 2 rings (SSSR count). The van der Waals surface area contributed by atoms with Crippen LogP contribution in [0.2, 0.25) is 0 Å². The van der Waals surface area contributed by atoms with Crippen molar-refractivity contribution in [1.29, 1.82) is 0 Å². The molecule has 306 valence electrons. The van der Waals surface area contributed by atoms with Gasteiger partial charge in [0, 0.05) is 34.2 Å². The van der Waals surface area contributed by atoms with E-state index in [0.717, 1.165) is 18.4 Å². The quantitative estimate of drug-likeness (QED) is 0.180. The van der Waals surface area contributed by atoms with Crippen molar-refractivity contribution in [2.45, 2.75) is 123 Å². The van der Waals surface area contributed by atoms with Crippen LogP contribution in [-0.4, -0.2) is 136 Å². The van der Waals surface area contributed by atoms with Crippen LogP contribution in [0, 0.1) is 23.7 Å². The monoisotopic (exact) mass is 760 g/mol. The van der Waals surface area contributed by atoms with Gasteiger partial charge in [0.25, 0.3) is 0 Å². The zero-order valence-corrected chi connectivity index (χ0v) is 35.1. The van der Waals surface area contributed by atoms with Crippen molar-refractivity contribution in [2.75, 3.05) is 49.0 Å². The molecule has 2 N–H and O–H groups in total. The zero-order valence-electron chi connectivity index (χ0n) is 35.1. The molecule has 0 spiro atoms. The Kier molecular flexibility index (Phi) is 19.1. The summed E-state index contributed by atoms with van der Waals surface area (Å²) in [6.45, 7) is 14.1. The van der Waals surface area contributed by atoms with Gasteiger partial charge in [0.05, 0.1) is 49.8 Å². The van der Waals surface area contributed by atoms with Crippen LogP contribution >= 0.6 is 0 Å².